The van der Waals surface area contributed by atoms with Crippen molar-refractivity contribution in [1.82, 2.24) is 4.90 Å². The van der Waals surface area contributed by atoms with Gasteiger partial charge >= 0.3 is 5.97 Å². The highest BCUT2D eigenvalue weighted by atomic mass is 32.1. The van der Waals surface area contributed by atoms with Gasteiger partial charge in [0.1, 0.15) is 6.10 Å². The summed E-state index contributed by atoms with van der Waals surface area (Å²) in [5.41, 5.74) is 1.03. The fourth-order valence-corrected chi connectivity index (χ4v) is 8.79. The van der Waals surface area contributed by atoms with Crippen molar-refractivity contribution in [2.75, 3.05) is 50.1 Å². The first kappa shape index (κ1) is 34.5. The first-order chi connectivity index (χ1) is 24.2. The van der Waals surface area contributed by atoms with E-state index in [0.717, 1.165) is 44.3 Å². The van der Waals surface area contributed by atoms with E-state index < -0.39 is 11.6 Å². The number of benzene rings is 2. The summed E-state index contributed by atoms with van der Waals surface area (Å²) in [7, 11) is 1.74. The molecule has 4 aromatic rings. The van der Waals surface area contributed by atoms with Gasteiger partial charge in [-0.05, 0) is 97.4 Å². The Balaban J connectivity index is 0.855. The number of nitrogens with one attached hydrogen (secondary N) is 1. The van der Waals surface area contributed by atoms with E-state index in [1.807, 2.05) is 53.2 Å². The van der Waals surface area contributed by atoms with E-state index >= 15 is 0 Å². The van der Waals surface area contributed by atoms with Crippen molar-refractivity contribution < 1.29 is 33.7 Å². The summed E-state index contributed by atoms with van der Waals surface area (Å²) in [6.07, 6.45) is 3.33. The van der Waals surface area contributed by atoms with Crippen LogP contribution >= 0.6 is 22.7 Å². The third-order valence-corrected chi connectivity index (χ3v) is 12.1. The van der Waals surface area contributed by atoms with Gasteiger partial charge in [0.15, 0.2) is 6.29 Å². The topological polar surface area (TPSA) is 118 Å². The third-order valence-electron chi connectivity index (χ3n) is 10.1. The van der Waals surface area contributed by atoms with E-state index in [1.165, 1.54) is 22.7 Å². The van der Waals surface area contributed by atoms with Crippen LogP contribution in [0.4, 0.5) is 11.4 Å². The molecule has 1 aliphatic carbocycles. The molecule has 2 saturated heterocycles. The standard InChI is InChI=1S/C38H41N3O7S2/c1-40(29-6-2-5-27(23-29)34(43)39-28-11-9-26(10-12-28)35-46-19-20-47-35)33(42)13-16-41-17-14-37(15-18-41)24-30(25-37)48-36(44)38(45,31-7-3-21-49-31)32-8-4-22-50-32/h2-12,21-23,30,35,45H,13-20,24-25H2,1H3,(H,39,43). The Morgan fingerprint density at radius 1 is 0.960 bits per heavy atom. The fourth-order valence-electron chi connectivity index (χ4n) is 7.08. The number of piperidine rings is 1. The minimum absolute atomic E-state index is 0.0191. The number of amides is 2. The zero-order valence-electron chi connectivity index (χ0n) is 27.9. The summed E-state index contributed by atoms with van der Waals surface area (Å²) in [6, 6.07) is 21.7. The molecule has 0 bridgehead atoms. The predicted molar refractivity (Wildman–Crippen MR) is 192 cm³/mol. The highest BCUT2D eigenvalue weighted by Gasteiger charge is 2.51. The van der Waals surface area contributed by atoms with E-state index in [4.69, 9.17) is 14.2 Å². The molecular formula is C38H41N3O7S2. The largest absolute Gasteiger partial charge is 0.460 e. The zero-order valence-corrected chi connectivity index (χ0v) is 29.5. The number of rotatable bonds is 11. The van der Waals surface area contributed by atoms with Gasteiger partial charge in [-0.1, -0.05) is 30.3 Å². The lowest BCUT2D eigenvalue weighted by Gasteiger charge is -2.51. The Morgan fingerprint density at radius 3 is 2.24 bits per heavy atom. The van der Waals surface area contributed by atoms with Crippen molar-refractivity contribution in [2.45, 2.75) is 50.1 Å². The van der Waals surface area contributed by atoms with E-state index in [-0.39, 0.29) is 29.6 Å². The second-order valence-corrected chi connectivity index (χ2v) is 15.2. The molecular weight excluding hydrogens is 675 g/mol. The van der Waals surface area contributed by atoms with Crippen molar-refractivity contribution in [2.24, 2.45) is 5.41 Å². The molecule has 0 radical (unpaired) electrons. The van der Waals surface area contributed by atoms with Gasteiger partial charge in [-0.15, -0.1) is 22.7 Å². The first-order valence-corrected chi connectivity index (χ1v) is 18.7. The molecule has 12 heteroatoms. The number of anilines is 2. The quantitative estimate of drug-likeness (QED) is 0.177. The van der Waals surface area contributed by atoms with Gasteiger partial charge in [0, 0.05) is 42.5 Å². The lowest BCUT2D eigenvalue weighted by Crippen LogP contribution is -2.52. The van der Waals surface area contributed by atoms with E-state index in [2.05, 4.69) is 10.2 Å². The molecule has 2 N–H and O–H groups in total. The molecule has 1 spiro atoms. The van der Waals surface area contributed by atoms with Crippen LogP contribution in [-0.2, 0) is 29.4 Å². The van der Waals surface area contributed by atoms with Crippen LogP contribution in [0.2, 0.25) is 0 Å². The van der Waals surface area contributed by atoms with Crippen LogP contribution < -0.4 is 10.2 Å². The maximum atomic E-state index is 13.3. The molecule has 50 heavy (non-hydrogen) atoms. The number of hydrogen-bond acceptors (Lipinski definition) is 10. The summed E-state index contributed by atoms with van der Waals surface area (Å²) in [6.45, 7) is 3.55. The molecule has 0 unspecified atom stereocenters. The van der Waals surface area contributed by atoms with Crippen molar-refractivity contribution in [1.29, 1.82) is 0 Å². The number of carbonyl (C=O) groups is 3. The summed E-state index contributed by atoms with van der Waals surface area (Å²) >= 11 is 2.69. The maximum Gasteiger partial charge on any atom is 0.349 e. The second-order valence-electron chi connectivity index (χ2n) is 13.3. The summed E-state index contributed by atoms with van der Waals surface area (Å²) < 4.78 is 17.0. The van der Waals surface area contributed by atoms with Crippen molar-refractivity contribution >= 4 is 51.8 Å². The number of ether oxygens (including phenoxy) is 3. The molecule has 0 atom stereocenters. The molecule has 262 valence electrons. The number of likely N-dealkylation sites (tertiary alicyclic amines) is 1. The molecule has 2 aromatic heterocycles. The number of carbonyl (C=O) groups excluding carboxylic acids is 3. The molecule has 2 amide bonds. The Morgan fingerprint density at radius 2 is 1.62 bits per heavy atom. The normalized spacial score (nSPS) is 18.1. The SMILES string of the molecule is CN(C(=O)CCN1CCC2(CC1)CC(OC(=O)C(O)(c1cccs1)c1cccs1)C2)c1cccc(C(=O)Nc2ccc(C3OCCO3)cc2)c1. The van der Waals surface area contributed by atoms with E-state index in [0.29, 0.717) is 52.9 Å². The van der Waals surface area contributed by atoms with E-state index in [9.17, 15) is 19.5 Å². The van der Waals surface area contributed by atoms with Gasteiger partial charge in [-0.3, -0.25) is 9.59 Å². The summed E-state index contributed by atoms with van der Waals surface area (Å²) in [5, 5.41) is 18.2. The Bertz CT molecular complexity index is 1740. The minimum Gasteiger partial charge on any atom is -0.460 e. The molecule has 2 aromatic carbocycles. The molecule has 7 rings (SSSR count). The predicted octanol–water partition coefficient (Wildman–Crippen LogP) is 6.18. The molecule has 3 fully saturated rings. The highest BCUT2D eigenvalue weighted by molar-refractivity contribution is 7.12. The minimum atomic E-state index is -1.78. The van der Waals surface area contributed by atoms with Crippen LogP contribution in [0, 0.1) is 5.41 Å². The smallest absolute Gasteiger partial charge is 0.349 e. The molecule has 1 saturated carbocycles. The first-order valence-electron chi connectivity index (χ1n) is 17.0. The van der Waals surface area contributed by atoms with Gasteiger partial charge in [0.2, 0.25) is 11.5 Å². The van der Waals surface area contributed by atoms with Gasteiger partial charge in [0.05, 0.1) is 23.0 Å². The maximum absolute atomic E-state index is 13.3. The molecule has 10 nitrogen and oxygen atoms in total. The third kappa shape index (κ3) is 7.27. The number of aliphatic hydroxyl groups is 1. The van der Waals surface area contributed by atoms with Crippen LogP contribution in [-0.4, -0.2) is 73.8 Å². The number of esters is 1. The van der Waals surface area contributed by atoms with Crippen molar-refractivity contribution in [3.63, 3.8) is 0 Å². The van der Waals surface area contributed by atoms with Gasteiger partial charge in [0.25, 0.3) is 5.91 Å². The van der Waals surface area contributed by atoms with Crippen LogP contribution in [0.25, 0.3) is 0 Å². The molecule has 4 heterocycles. The number of thiophene rings is 2. The lowest BCUT2D eigenvalue weighted by atomic mass is 9.61. The van der Waals surface area contributed by atoms with Gasteiger partial charge < -0.3 is 34.4 Å². The summed E-state index contributed by atoms with van der Waals surface area (Å²) in [4.78, 5) is 44.6. The average molecular weight is 716 g/mol. The van der Waals surface area contributed by atoms with Crippen LogP contribution in [0.3, 0.4) is 0 Å². The molecule has 2 aliphatic heterocycles. The highest BCUT2D eigenvalue weighted by Crippen LogP contribution is 2.51. The Labute approximate surface area is 299 Å². The Kier molecular flexibility index (Phi) is 10.2. The van der Waals surface area contributed by atoms with Crippen molar-refractivity contribution in [3.05, 3.63) is 104 Å². The van der Waals surface area contributed by atoms with Crippen LogP contribution in [0.1, 0.15) is 64.1 Å². The average Bonchev–Trinajstić information content (AvgIpc) is 3.95. The Hall–Kier alpha value is -3.91. The van der Waals surface area contributed by atoms with Crippen molar-refractivity contribution in [3.8, 4) is 0 Å². The van der Waals surface area contributed by atoms with Gasteiger partial charge in [-0.2, -0.15) is 0 Å². The van der Waals surface area contributed by atoms with Crippen LogP contribution in [0.15, 0.2) is 83.6 Å². The zero-order chi connectivity index (χ0) is 34.7. The monoisotopic (exact) mass is 715 g/mol. The number of hydrogen-bond donors (Lipinski definition) is 2. The number of nitrogens with zero attached hydrogens (tertiary/aromatic N) is 2. The fraction of sp³-hybridized carbons (Fsp3) is 0.395. The van der Waals surface area contributed by atoms with Gasteiger partial charge in [-0.25, -0.2) is 4.79 Å². The summed E-state index contributed by atoms with van der Waals surface area (Å²) in [5.74, 6) is -0.886. The van der Waals surface area contributed by atoms with Crippen LogP contribution in [0.5, 0.6) is 0 Å². The lowest BCUT2D eigenvalue weighted by molar-refractivity contribution is -0.181. The van der Waals surface area contributed by atoms with E-state index in [1.54, 1.807) is 42.3 Å². The molecule has 3 aliphatic rings. The second kappa shape index (κ2) is 14.7.